The van der Waals surface area contributed by atoms with E-state index < -0.39 is 41.9 Å². The lowest BCUT2D eigenvalue weighted by molar-refractivity contribution is 0.536. The van der Waals surface area contributed by atoms with Gasteiger partial charge in [-0.1, -0.05) is 17.4 Å². The summed E-state index contributed by atoms with van der Waals surface area (Å²) in [7, 11) is -8.93. The first kappa shape index (κ1) is 21.7. The Hall–Kier alpha value is -2.54. The summed E-state index contributed by atoms with van der Waals surface area (Å²) < 4.78 is 54.0. The molecule has 17 heteroatoms. The van der Waals surface area contributed by atoms with Crippen molar-refractivity contribution in [3.63, 3.8) is 0 Å². The Labute approximate surface area is 180 Å². The number of nitrogens with zero attached hydrogens (tertiary/aromatic N) is 4. The zero-order valence-electron chi connectivity index (χ0n) is 15.7. The van der Waals surface area contributed by atoms with Gasteiger partial charge in [0.1, 0.15) is 9.79 Å². The maximum atomic E-state index is 13.2. The van der Waals surface area contributed by atoms with Gasteiger partial charge in [-0.15, -0.1) is 10.2 Å². The van der Waals surface area contributed by atoms with Gasteiger partial charge in [0, 0.05) is 30.9 Å². The maximum absolute atomic E-state index is 13.2. The number of thiazole rings is 1. The molecule has 0 spiro atoms. The van der Waals surface area contributed by atoms with Crippen LogP contribution in [-0.4, -0.2) is 67.6 Å². The Kier molecular flexibility index (Phi) is 5.50. The van der Waals surface area contributed by atoms with Crippen LogP contribution in [0.4, 0.5) is 5.13 Å². The first-order valence-electron chi connectivity index (χ1n) is 8.72. The van der Waals surface area contributed by atoms with Gasteiger partial charge in [0.15, 0.2) is 5.13 Å². The number of H-pyrrole nitrogens is 1. The first-order valence-corrected chi connectivity index (χ1v) is 12.6. The smallest absolute Gasteiger partial charge is 0.242 e. The predicted octanol–water partition coefficient (Wildman–Crippen LogP) is -2.20. The van der Waals surface area contributed by atoms with E-state index in [0.717, 1.165) is 17.4 Å². The van der Waals surface area contributed by atoms with Gasteiger partial charge < -0.3 is 16.8 Å². The summed E-state index contributed by atoms with van der Waals surface area (Å²) in [6.45, 7) is 0.704. The fourth-order valence-corrected chi connectivity index (χ4v) is 6.86. The van der Waals surface area contributed by atoms with E-state index >= 15 is 0 Å². The molecule has 4 rings (SSSR count). The van der Waals surface area contributed by atoms with E-state index in [1.807, 2.05) is 0 Å². The average Bonchev–Trinajstić information content (AvgIpc) is 3.43. The van der Waals surface area contributed by atoms with E-state index in [1.54, 1.807) is 0 Å². The lowest BCUT2D eigenvalue weighted by Gasteiger charge is -2.19. The average molecular weight is 487 g/mol. The number of primary sulfonamides is 1. The number of hydrogen-bond acceptors (Lipinski definition) is 12. The third kappa shape index (κ3) is 4.15. The molecule has 1 saturated heterocycles. The van der Waals surface area contributed by atoms with Gasteiger partial charge in [0.2, 0.25) is 25.9 Å². The zero-order valence-corrected chi connectivity index (χ0v) is 18.1. The van der Waals surface area contributed by atoms with Crippen molar-refractivity contribution < 1.29 is 16.8 Å². The highest BCUT2D eigenvalue weighted by Gasteiger charge is 2.35. The molecule has 14 nitrogen and oxygen atoms in total. The van der Waals surface area contributed by atoms with Crippen LogP contribution in [0.5, 0.6) is 0 Å². The van der Waals surface area contributed by atoms with Gasteiger partial charge in [-0.3, -0.25) is 0 Å². The van der Waals surface area contributed by atoms with Crippen LogP contribution in [0.25, 0.3) is 21.8 Å². The molecule has 2 aromatic heterocycles. The minimum atomic E-state index is -4.58. The van der Waals surface area contributed by atoms with Crippen molar-refractivity contribution in [2.45, 2.75) is 21.9 Å². The molecule has 1 aliphatic heterocycles. The lowest BCUT2D eigenvalue weighted by Crippen LogP contribution is -2.46. The van der Waals surface area contributed by atoms with Crippen molar-refractivity contribution in [2.75, 3.05) is 18.8 Å². The monoisotopic (exact) mass is 486 g/mol. The normalized spacial score (nSPS) is 19.7. The van der Waals surface area contributed by atoms with Crippen molar-refractivity contribution in [2.24, 2.45) is 10.9 Å². The van der Waals surface area contributed by atoms with E-state index in [9.17, 15) is 16.8 Å². The molecular weight excluding hydrogens is 468 g/mol. The number of sulfonamides is 2. The van der Waals surface area contributed by atoms with Crippen LogP contribution in [0, 0.1) is 0 Å². The number of aromatic nitrogens is 5. The minimum Gasteiger partial charge on any atom is -0.375 e. The number of nitrogens with two attached hydrogens (primary N) is 3. The summed E-state index contributed by atoms with van der Waals surface area (Å²) in [5.74, 6) is -0.165. The van der Waals surface area contributed by atoms with E-state index in [0.29, 0.717) is 18.0 Å². The molecule has 1 fully saturated rings. The molecule has 1 aliphatic rings. The highest BCUT2D eigenvalue weighted by atomic mass is 32.2. The molecule has 0 aliphatic carbocycles. The molecule has 0 bridgehead atoms. The van der Waals surface area contributed by atoms with Crippen molar-refractivity contribution >= 4 is 36.5 Å². The summed E-state index contributed by atoms with van der Waals surface area (Å²) in [5.41, 5.74) is 11.8. The Morgan fingerprint density at radius 2 is 1.97 bits per heavy atom. The SMILES string of the molecule is Nc1ncc(-c2ccc(S(=O)(=O)N[C@H]3CNC[C@H]3N)c(S(N)(=O)=O)c2-c2nn[nH]n2)s1. The van der Waals surface area contributed by atoms with Crippen LogP contribution in [0.15, 0.2) is 28.1 Å². The molecule has 0 amide bonds. The molecule has 0 unspecified atom stereocenters. The second kappa shape index (κ2) is 7.86. The van der Waals surface area contributed by atoms with Crippen molar-refractivity contribution in [1.29, 1.82) is 0 Å². The van der Waals surface area contributed by atoms with Crippen molar-refractivity contribution in [3.05, 3.63) is 18.3 Å². The topological polar surface area (TPSA) is 238 Å². The molecule has 0 radical (unpaired) electrons. The Balaban J connectivity index is 1.98. The molecule has 0 saturated carbocycles. The highest BCUT2D eigenvalue weighted by Crippen LogP contribution is 2.40. The summed E-state index contributed by atoms with van der Waals surface area (Å²) in [6, 6.07) is 1.44. The van der Waals surface area contributed by atoms with E-state index in [1.165, 1.54) is 12.3 Å². The number of anilines is 1. The Bertz CT molecular complexity index is 1320. The van der Waals surface area contributed by atoms with Crippen LogP contribution >= 0.6 is 11.3 Å². The van der Waals surface area contributed by atoms with Gasteiger partial charge in [0.05, 0.1) is 16.5 Å². The number of rotatable bonds is 6. The van der Waals surface area contributed by atoms with Gasteiger partial charge in [-0.2, -0.15) is 5.21 Å². The van der Waals surface area contributed by atoms with E-state index in [4.69, 9.17) is 16.6 Å². The molecule has 1 aromatic carbocycles. The quantitative estimate of drug-likeness (QED) is 0.218. The van der Waals surface area contributed by atoms with Crippen LogP contribution in [0.3, 0.4) is 0 Å². The summed E-state index contributed by atoms with van der Waals surface area (Å²) in [4.78, 5) is 3.18. The number of benzene rings is 1. The third-order valence-corrected chi connectivity index (χ3v) is 8.14. The number of nitrogens with one attached hydrogen (secondary N) is 3. The molecule has 3 heterocycles. The van der Waals surface area contributed by atoms with Crippen molar-refractivity contribution in [1.82, 2.24) is 35.6 Å². The van der Waals surface area contributed by atoms with Crippen molar-refractivity contribution in [3.8, 4) is 21.8 Å². The number of tetrazole rings is 1. The van der Waals surface area contributed by atoms with Gasteiger partial charge >= 0.3 is 0 Å². The van der Waals surface area contributed by atoms with Crippen LogP contribution in [-0.2, 0) is 20.0 Å². The van der Waals surface area contributed by atoms with Crippen LogP contribution in [0.1, 0.15) is 0 Å². The first-order chi connectivity index (χ1) is 14.6. The maximum Gasteiger partial charge on any atom is 0.242 e. The summed E-state index contributed by atoms with van der Waals surface area (Å²) in [5, 5.41) is 22.0. The highest BCUT2D eigenvalue weighted by molar-refractivity contribution is 7.92. The van der Waals surface area contributed by atoms with Gasteiger partial charge in [0.25, 0.3) is 0 Å². The number of hydrogen-bond donors (Lipinski definition) is 6. The molecular formula is C14H18N10O4S3. The zero-order chi connectivity index (χ0) is 22.4. The molecule has 3 aromatic rings. The van der Waals surface area contributed by atoms with Gasteiger partial charge in [-0.05, 0) is 11.3 Å². The third-order valence-electron chi connectivity index (χ3n) is 4.62. The Morgan fingerprint density at radius 1 is 1.19 bits per heavy atom. The predicted molar refractivity (Wildman–Crippen MR) is 111 cm³/mol. The number of nitrogen functional groups attached to an aromatic ring is 1. The fraction of sp³-hybridized carbons (Fsp3) is 0.286. The fourth-order valence-electron chi connectivity index (χ4n) is 3.26. The van der Waals surface area contributed by atoms with Crippen LogP contribution < -0.4 is 26.6 Å². The number of aromatic amines is 1. The Morgan fingerprint density at radius 3 is 2.52 bits per heavy atom. The van der Waals surface area contributed by atoms with E-state index in [2.05, 4.69) is 35.6 Å². The molecule has 2 atom stereocenters. The van der Waals surface area contributed by atoms with Gasteiger partial charge in [-0.25, -0.2) is 31.7 Å². The second-order valence-electron chi connectivity index (χ2n) is 6.71. The standard InChI is InChI=1S/C14H18N10O4S3/c15-7-3-18-4-8(7)22-31(27,28)10-2-1-6(9-5-19-14(16)29-9)11(12(10)30(17,25)26)13-20-23-24-21-13/h1-2,5,7-8,18,22H,3-4,15H2,(H2,16,19)(H2,17,25,26)(H,20,21,23,24)/t7-,8+/m1/s1. The second-order valence-corrected chi connectivity index (χ2v) is 11.0. The largest absolute Gasteiger partial charge is 0.375 e. The molecule has 9 N–H and O–H groups in total. The summed E-state index contributed by atoms with van der Waals surface area (Å²) in [6.07, 6.45) is 1.42. The minimum absolute atomic E-state index is 0.142. The molecule has 166 valence electrons. The van der Waals surface area contributed by atoms with Crippen LogP contribution in [0.2, 0.25) is 0 Å². The van der Waals surface area contributed by atoms with E-state index in [-0.39, 0.29) is 22.1 Å². The molecule has 31 heavy (non-hydrogen) atoms. The summed E-state index contributed by atoms with van der Waals surface area (Å²) >= 11 is 1.07. The lowest BCUT2D eigenvalue weighted by atomic mass is 10.1.